The Bertz CT molecular complexity index is 1780. The van der Waals surface area contributed by atoms with Crippen LogP contribution in [0.15, 0.2) is 60.7 Å². The van der Waals surface area contributed by atoms with Crippen molar-refractivity contribution in [2.24, 2.45) is 0 Å². The lowest BCUT2D eigenvalue weighted by atomic mass is 9.85. The molecule has 2 aliphatic heterocycles. The molecule has 252 valence electrons. The van der Waals surface area contributed by atoms with Crippen molar-refractivity contribution < 1.29 is 29.4 Å². The Morgan fingerprint density at radius 2 is 0.812 bits per heavy atom. The lowest BCUT2D eigenvalue weighted by Crippen LogP contribution is -2.43. The predicted molar refractivity (Wildman–Crippen MR) is 190 cm³/mol. The van der Waals surface area contributed by atoms with Crippen LogP contribution in [-0.2, 0) is 13.1 Å². The summed E-state index contributed by atoms with van der Waals surface area (Å²) >= 11 is 0. The summed E-state index contributed by atoms with van der Waals surface area (Å²) in [5, 5.41) is 28.1. The van der Waals surface area contributed by atoms with E-state index in [4.69, 9.17) is 0 Å². The third-order valence-corrected chi connectivity index (χ3v) is 8.16. The number of hydrogen-bond donors (Lipinski definition) is 4. The number of halogens is 2. The highest BCUT2D eigenvalue weighted by Gasteiger charge is 2.41. The minimum Gasteiger partial charge on any atom is -0.508 e. The number of hydrogen-bond acceptors (Lipinski definition) is 8. The van der Waals surface area contributed by atoms with Gasteiger partial charge < -0.3 is 20.8 Å². The number of aromatic hydroxyl groups is 2. The van der Waals surface area contributed by atoms with Gasteiger partial charge in [0.2, 0.25) is 0 Å². The number of carbonyl (C=O) groups is 4. The highest BCUT2D eigenvalue weighted by molar-refractivity contribution is 6.42. The zero-order chi connectivity index (χ0) is 33.3. The Balaban J connectivity index is 0.00000260. The summed E-state index contributed by atoms with van der Waals surface area (Å²) in [4.78, 5) is 57.8. The molecule has 4 amide bonds. The van der Waals surface area contributed by atoms with Crippen molar-refractivity contribution in [3.8, 4) is 11.5 Å². The van der Waals surface area contributed by atoms with E-state index in [1.54, 1.807) is 12.1 Å². The first kappa shape index (κ1) is 36.4. The van der Waals surface area contributed by atoms with E-state index in [0.717, 1.165) is 9.80 Å². The van der Waals surface area contributed by atoms with Gasteiger partial charge in [0, 0.05) is 68.3 Å². The van der Waals surface area contributed by atoms with Crippen molar-refractivity contribution in [3.05, 3.63) is 94.0 Å². The predicted octanol–water partition coefficient (Wildman–Crippen LogP) is 6.47. The molecule has 0 saturated heterocycles. The average molecular weight is 694 g/mol. The number of phenols is 2. The molecule has 0 spiro atoms. The number of nitrogens with one attached hydrogen (secondary N) is 2. The minimum absolute atomic E-state index is 0. The number of anilines is 2. The fraction of sp³-hybridized carbons (Fsp3) is 0.278. The van der Waals surface area contributed by atoms with E-state index in [0.29, 0.717) is 35.6 Å². The highest BCUT2D eigenvalue weighted by atomic mass is 35.5. The summed E-state index contributed by atoms with van der Waals surface area (Å²) in [7, 11) is 0. The van der Waals surface area contributed by atoms with Gasteiger partial charge in [0.1, 0.15) is 11.5 Å². The number of benzene rings is 4. The van der Waals surface area contributed by atoms with Gasteiger partial charge in [-0.1, -0.05) is 0 Å². The quantitative estimate of drug-likeness (QED) is 0.169. The van der Waals surface area contributed by atoms with Gasteiger partial charge in [-0.3, -0.25) is 19.2 Å². The van der Waals surface area contributed by atoms with Crippen LogP contribution in [0.25, 0.3) is 10.8 Å². The first-order valence-corrected chi connectivity index (χ1v) is 15.1. The molecule has 0 atom stereocenters. The molecule has 4 aromatic rings. The molecule has 0 radical (unpaired) electrons. The maximum atomic E-state index is 13.9. The summed E-state index contributed by atoms with van der Waals surface area (Å²) in [5.41, 5.74) is 1.91. The van der Waals surface area contributed by atoms with Crippen molar-refractivity contribution in [2.75, 3.05) is 9.80 Å². The summed E-state index contributed by atoms with van der Waals surface area (Å²) in [6.45, 7) is 12.6. The zero-order valence-corrected chi connectivity index (χ0v) is 29.1. The van der Waals surface area contributed by atoms with Crippen LogP contribution in [0.3, 0.4) is 0 Å². The van der Waals surface area contributed by atoms with Gasteiger partial charge in [0.05, 0.1) is 11.4 Å². The fourth-order valence-electron chi connectivity index (χ4n) is 5.77. The van der Waals surface area contributed by atoms with Crippen LogP contribution in [0.2, 0.25) is 0 Å². The normalized spacial score (nSPS) is 14.3. The number of amides is 4. The van der Waals surface area contributed by atoms with Gasteiger partial charge in [-0.05, 0) is 102 Å². The summed E-state index contributed by atoms with van der Waals surface area (Å²) in [5.74, 6) is -2.33. The molecule has 2 aliphatic rings. The Morgan fingerprint density at radius 1 is 0.521 bits per heavy atom. The van der Waals surface area contributed by atoms with Gasteiger partial charge in [-0.15, -0.1) is 24.8 Å². The summed E-state index contributed by atoms with van der Waals surface area (Å²) in [6.07, 6.45) is 0. The third-order valence-electron chi connectivity index (χ3n) is 8.16. The maximum absolute atomic E-state index is 13.9. The Kier molecular flexibility index (Phi) is 9.74. The molecule has 0 bridgehead atoms. The maximum Gasteiger partial charge on any atom is 0.265 e. The van der Waals surface area contributed by atoms with Crippen molar-refractivity contribution in [2.45, 2.75) is 65.7 Å². The SMILES string of the molecule is CC(C)(C)NCc1cc(N2C(=O)c3ccc4c5c(ccc(c35)C2=O)C(=O)N(c2ccc(O)c(CNC(C)(C)C)c2)C4=O)ccc1O.Cl.Cl. The summed E-state index contributed by atoms with van der Waals surface area (Å²) in [6, 6.07) is 15.2. The highest BCUT2D eigenvalue weighted by Crippen LogP contribution is 2.41. The molecule has 0 unspecified atom stereocenters. The van der Waals surface area contributed by atoms with Crippen molar-refractivity contribution in [1.82, 2.24) is 10.6 Å². The molecular weight excluding hydrogens is 655 g/mol. The lowest BCUT2D eigenvalue weighted by molar-refractivity contribution is 0.0873. The van der Waals surface area contributed by atoms with Gasteiger partial charge >= 0.3 is 0 Å². The van der Waals surface area contributed by atoms with Crippen molar-refractivity contribution in [3.63, 3.8) is 0 Å². The van der Waals surface area contributed by atoms with Crippen LogP contribution in [0.4, 0.5) is 11.4 Å². The van der Waals surface area contributed by atoms with E-state index in [1.165, 1.54) is 48.5 Å². The van der Waals surface area contributed by atoms with E-state index < -0.39 is 23.6 Å². The number of nitrogens with zero attached hydrogens (tertiary/aromatic N) is 2. The monoisotopic (exact) mass is 692 g/mol. The Morgan fingerprint density at radius 3 is 1.08 bits per heavy atom. The first-order valence-electron chi connectivity index (χ1n) is 15.1. The molecule has 6 rings (SSSR count). The molecular formula is C36H38Cl2N4O6. The van der Waals surface area contributed by atoms with E-state index in [9.17, 15) is 29.4 Å². The molecule has 0 saturated carbocycles. The van der Waals surface area contributed by atoms with Crippen LogP contribution in [0.5, 0.6) is 11.5 Å². The molecule has 0 aromatic heterocycles. The van der Waals surface area contributed by atoms with E-state index in [1.807, 2.05) is 41.5 Å². The first-order chi connectivity index (χ1) is 21.6. The number of imide groups is 2. The van der Waals surface area contributed by atoms with Crippen LogP contribution < -0.4 is 20.4 Å². The van der Waals surface area contributed by atoms with E-state index in [2.05, 4.69) is 10.6 Å². The Hall–Kier alpha value is -4.48. The molecule has 2 heterocycles. The largest absolute Gasteiger partial charge is 0.508 e. The second kappa shape index (κ2) is 12.9. The van der Waals surface area contributed by atoms with Crippen LogP contribution in [0.1, 0.15) is 94.1 Å². The van der Waals surface area contributed by atoms with E-state index in [-0.39, 0.29) is 80.4 Å². The molecule has 0 fully saturated rings. The topological polar surface area (TPSA) is 139 Å². The number of phenolic OH excluding ortho intramolecular Hbond substituents is 2. The van der Waals surface area contributed by atoms with Gasteiger partial charge in [0.15, 0.2) is 0 Å². The third kappa shape index (κ3) is 6.36. The van der Waals surface area contributed by atoms with Crippen LogP contribution >= 0.6 is 24.8 Å². The number of carbonyl (C=O) groups excluding carboxylic acids is 4. The van der Waals surface area contributed by atoms with Crippen LogP contribution in [-0.4, -0.2) is 44.9 Å². The van der Waals surface area contributed by atoms with Crippen LogP contribution in [0, 0.1) is 0 Å². The molecule has 48 heavy (non-hydrogen) atoms. The van der Waals surface area contributed by atoms with Crippen molar-refractivity contribution >= 4 is 70.6 Å². The average Bonchev–Trinajstić information content (AvgIpc) is 2.98. The standard InChI is InChI=1S/C36H36N4O6.2ClH/c1-35(2,3)37-17-19-15-21(7-13-27(19)41)39-31(43)23-9-11-25-30-26(12-10-24(29(23)30)32(39)44)34(46)40(33(25)45)22-8-14-28(42)20(16-22)18-38-36(4,5)6;;/h7-16,37-38,41-42H,17-18H2,1-6H3;2*1H. The molecule has 10 nitrogen and oxygen atoms in total. The fourth-order valence-corrected chi connectivity index (χ4v) is 5.77. The summed E-state index contributed by atoms with van der Waals surface area (Å²) < 4.78 is 0. The van der Waals surface area contributed by atoms with Gasteiger partial charge in [-0.25, -0.2) is 9.80 Å². The molecule has 4 aromatic carbocycles. The van der Waals surface area contributed by atoms with Crippen molar-refractivity contribution in [1.29, 1.82) is 0 Å². The minimum atomic E-state index is -0.599. The van der Waals surface area contributed by atoms with Gasteiger partial charge in [0.25, 0.3) is 23.6 Å². The Labute approximate surface area is 290 Å². The molecule has 0 aliphatic carbocycles. The zero-order valence-electron chi connectivity index (χ0n) is 27.4. The second-order valence-corrected chi connectivity index (χ2v) is 13.8. The number of rotatable bonds is 6. The molecule has 4 N–H and O–H groups in total. The van der Waals surface area contributed by atoms with Gasteiger partial charge in [-0.2, -0.15) is 0 Å². The second-order valence-electron chi connectivity index (χ2n) is 13.8. The smallest absolute Gasteiger partial charge is 0.265 e. The molecule has 12 heteroatoms. The lowest BCUT2D eigenvalue weighted by Gasteiger charge is -2.32. The van der Waals surface area contributed by atoms with E-state index >= 15 is 0 Å².